The fraction of sp³-hybridized carbons (Fsp3) is 0.0339. The summed E-state index contributed by atoms with van der Waals surface area (Å²) >= 11 is 0. The molecule has 0 radical (unpaired) electrons. The third-order valence-corrected chi connectivity index (χ3v) is 17.6. The molecule has 9 aromatic carbocycles. The highest BCUT2D eigenvalue weighted by atomic mass is 28.3. The summed E-state index contributed by atoms with van der Waals surface area (Å²) in [4.78, 5) is 0. The molecule has 312 valence electrons. The van der Waals surface area contributed by atoms with E-state index in [4.69, 9.17) is 9.47 Å². The minimum Gasteiger partial charge on any atom is -0.497 e. The Hall–Kier alpha value is -8.93. The van der Waals surface area contributed by atoms with Crippen molar-refractivity contribution in [1.82, 2.24) is 4.57 Å². The van der Waals surface area contributed by atoms with Gasteiger partial charge in [-0.3, -0.25) is 0 Å². The van der Waals surface area contributed by atoms with E-state index in [0.717, 1.165) is 93.1 Å². The highest BCUT2D eigenvalue weighted by molar-refractivity contribution is 7.19. The summed E-state index contributed by atoms with van der Waals surface area (Å²) in [5.41, 5.74) is 10.5. The highest BCUT2D eigenvalue weighted by Crippen LogP contribution is 2.36. The first kappa shape index (κ1) is 41.1. The number of hydrogen-bond donors (Lipinski definition) is 0. The zero-order valence-corrected chi connectivity index (χ0v) is 37.2. The largest absolute Gasteiger partial charge is 0.497 e. The van der Waals surface area contributed by atoms with Gasteiger partial charge in [-0.05, 0) is 121 Å². The fourth-order valence-corrected chi connectivity index (χ4v) is 14.2. The maximum atomic E-state index is 10.0. The SMILES string of the molecule is COc1ccc2c(c1)c1cc(OC)ccc1n2-c1ccc([Si](c2ccc(-c3ccccc3C#N)cc2)(c2ccc(-c3ccccc3C#N)cc2)c2ccc(-c3ccccc3C#N)cc2)cc1. The predicted molar refractivity (Wildman–Crippen MR) is 268 cm³/mol. The smallest absolute Gasteiger partial charge is 0.179 e. The lowest BCUT2D eigenvalue weighted by atomic mass is 10.0. The van der Waals surface area contributed by atoms with Crippen LogP contribution >= 0.6 is 0 Å². The van der Waals surface area contributed by atoms with Gasteiger partial charge in [0.25, 0.3) is 0 Å². The Morgan fingerprint density at radius 3 is 1.02 bits per heavy atom. The second-order valence-electron chi connectivity index (χ2n) is 16.1. The average Bonchev–Trinajstić information content (AvgIpc) is 3.72. The van der Waals surface area contributed by atoms with Crippen molar-refractivity contribution < 1.29 is 9.47 Å². The van der Waals surface area contributed by atoms with E-state index in [1.54, 1.807) is 14.2 Å². The van der Waals surface area contributed by atoms with Crippen LogP contribution in [0.4, 0.5) is 0 Å². The third kappa shape index (κ3) is 6.96. The summed E-state index contributed by atoms with van der Waals surface area (Å²) in [6, 6.07) is 77.8. The molecule has 0 fully saturated rings. The molecule has 0 saturated heterocycles. The summed E-state index contributed by atoms with van der Waals surface area (Å²) in [7, 11) is 0.159. The van der Waals surface area contributed by atoms with Crippen LogP contribution in [-0.4, -0.2) is 26.9 Å². The van der Waals surface area contributed by atoms with Gasteiger partial charge in [0.15, 0.2) is 8.07 Å². The number of benzene rings is 9. The van der Waals surface area contributed by atoms with Crippen molar-refractivity contribution in [2.75, 3.05) is 14.2 Å². The van der Waals surface area contributed by atoms with E-state index in [1.807, 2.05) is 84.9 Å². The standard InChI is InChI=1S/C59H40N4O2Si/c1-64-47-23-33-58-56(35-47)57-36-48(65-2)24-34-59(57)63(58)46-21-31-52(32-22-46)66(49-25-15-40(16-26-49)53-12-6-3-9-43(53)37-60,50-27-17-41(18-28-50)54-13-7-4-10-44(54)38-61)51-29-19-42(20-30-51)55-14-8-5-11-45(55)39-62/h3-36H,1-2H3. The molecule has 66 heavy (non-hydrogen) atoms. The van der Waals surface area contributed by atoms with Crippen LogP contribution < -0.4 is 30.2 Å². The van der Waals surface area contributed by atoms with Crippen molar-refractivity contribution in [2.45, 2.75) is 0 Å². The van der Waals surface area contributed by atoms with E-state index in [2.05, 4.69) is 144 Å². The zero-order chi connectivity index (χ0) is 45.2. The second-order valence-corrected chi connectivity index (χ2v) is 19.9. The van der Waals surface area contributed by atoms with Crippen LogP contribution in [0.1, 0.15) is 16.7 Å². The van der Waals surface area contributed by atoms with Crippen LogP contribution in [0.25, 0.3) is 60.9 Å². The van der Waals surface area contributed by atoms with Crippen LogP contribution in [0.15, 0.2) is 206 Å². The Bertz CT molecular complexity index is 3270. The molecule has 0 bridgehead atoms. The summed E-state index contributed by atoms with van der Waals surface area (Å²) < 4.78 is 13.6. The number of fused-ring (bicyclic) bond motifs is 3. The molecule has 0 atom stereocenters. The maximum Gasteiger partial charge on any atom is 0.179 e. The van der Waals surface area contributed by atoms with Gasteiger partial charge >= 0.3 is 0 Å². The fourth-order valence-electron chi connectivity index (χ4n) is 9.57. The van der Waals surface area contributed by atoms with E-state index in [1.165, 1.54) is 0 Å². The van der Waals surface area contributed by atoms with Gasteiger partial charge in [-0.15, -0.1) is 0 Å². The molecule has 10 rings (SSSR count). The molecule has 0 aliphatic rings. The highest BCUT2D eigenvalue weighted by Gasteiger charge is 2.42. The van der Waals surface area contributed by atoms with Gasteiger partial charge in [0.1, 0.15) is 11.5 Å². The monoisotopic (exact) mass is 864 g/mol. The summed E-state index contributed by atoms with van der Waals surface area (Å²) in [5.74, 6) is 1.56. The Morgan fingerprint density at radius 2 is 0.697 bits per heavy atom. The number of hydrogen-bond acceptors (Lipinski definition) is 5. The maximum absolute atomic E-state index is 10.0. The Morgan fingerprint density at radius 1 is 0.379 bits per heavy atom. The zero-order valence-electron chi connectivity index (χ0n) is 36.2. The third-order valence-electron chi connectivity index (χ3n) is 12.8. The first-order chi connectivity index (χ1) is 32.5. The van der Waals surface area contributed by atoms with Crippen molar-refractivity contribution in [3.63, 3.8) is 0 Å². The van der Waals surface area contributed by atoms with E-state index < -0.39 is 8.07 Å². The summed E-state index contributed by atoms with van der Waals surface area (Å²) in [6.07, 6.45) is 0. The molecular weight excluding hydrogens is 825 g/mol. The molecular formula is C59H40N4O2Si. The van der Waals surface area contributed by atoms with Crippen molar-refractivity contribution in [1.29, 1.82) is 15.8 Å². The van der Waals surface area contributed by atoms with Gasteiger partial charge in [-0.25, -0.2) is 0 Å². The molecule has 7 heteroatoms. The molecule has 1 aromatic heterocycles. The average molecular weight is 865 g/mol. The number of nitriles is 3. The van der Waals surface area contributed by atoms with Crippen molar-refractivity contribution in [3.05, 3.63) is 223 Å². The molecule has 0 saturated carbocycles. The Balaban J connectivity index is 1.22. The molecule has 10 aromatic rings. The van der Waals surface area contributed by atoms with E-state index in [0.29, 0.717) is 16.7 Å². The minimum absolute atomic E-state index is 0.618. The molecule has 0 aliphatic heterocycles. The predicted octanol–water partition coefficient (Wildman–Crippen LogP) is 10.8. The van der Waals surface area contributed by atoms with E-state index >= 15 is 0 Å². The van der Waals surface area contributed by atoms with Crippen LogP contribution in [0.5, 0.6) is 11.5 Å². The number of methoxy groups -OCH3 is 2. The number of ether oxygens (including phenoxy) is 2. The van der Waals surface area contributed by atoms with Crippen LogP contribution in [0.2, 0.25) is 0 Å². The van der Waals surface area contributed by atoms with Crippen molar-refractivity contribution >= 4 is 50.6 Å². The molecule has 0 spiro atoms. The minimum atomic E-state index is -3.21. The first-order valence-electron chi connectivity index (χ1n) is 21.6. The van der Waals surface area contributed by atoms with Crippen LogP contribution in [0.3, 0.4) is 0 Å². The molecule has 0 amide bonds. The molecule has 0 aliphatic carbocycles. The van der Waals surface area contributed by atoms with Gasteiger partial charge in [0.2, 0.25) is 0 Å². The topological polar surface area (TPSA) is 94.8 Å². The quantitative estimate of drug-likeness (QED) is 0.101. The van der Waals surface area contributed by atoms with Crippen molar-refractivity contribution in [2.24, 2.45) is 0 Å². The van der Waals surface area contributed by atoms with Gasteiger partial charge in [-0.1, -0.05) is 140 Å². The second kappa shape index (κ2) is 17.3. The van der Waals surface area contributed by atoms with Crippen LogP contribution in [-0.2, 0) is 0 Å². The molecule has 0 N–H and O–H groups in total. The van der Waals surface area contributed by atoms with Crippen molar-refractivity contribution in [3.8, 4) is 68.8 Å². The molecule has 1 heterocycles. The normalized spacial score (nSPS) is 11.1. The van der Waals surface area contributed by atoms with E-state index in [-0.39, 0.29) is 0 Å². The Labute approximate surface area is 384 Å². The summed E-state index contributed by atoms with van der Waals surface area (Å²) in [6.45, 7) is 0. The molecule has 6 nitrogen and oxygen atoms in total. The lowest BCUT2D eigenvalue weighted by Gasteiger charge is -2.35. The Kier molecular flexibility index (Phi) is 10.8. The lowest BCUT2D eigenvalue weighted by Crippen LogP contribution is -2.74. The van der Waals surface area contributed by atoms with E-state index in [9.17, 15) is 15.8 Å². The number of aromatic nitrogens is 1. The number of rotatable bonds is 10. The lowest BCUT2D eigenvalue weighted by molar-refractivity contribution is 0.415. The molecule has 0 unspecified atom stereocenters. The van der Waals surface area contributed by atoms with Gasteiger partial charge in [0.05, 0.1) is 60.2 Å². The summed E-state index contributed by atoms with van der Waals surface area (Å²) in [5, 5.41) is 36.9. The number of nitrogens with zero attached hydrogens (tertiary/aromatic N) is 4. The van der Waals surface area contributed by atoms with Gasteiger partial charge in [0, 0.05) is 16.5 Å². The van der Waals surface area contributed by atoms with Gasteiger partial charge in [-0.2, -0.15) is 15.8 Å². The van der Waals surface area contributed by atoms with Crippen LogP contribution in [0, 0.1) is 34.0 Å². The first-order valence-corrected chi connectivity index (χ1v) is 23.6. The van der Waals surface area contributed by atoms with Gasteiger partial charge < -0.3 is 14.0 Å².